The van der Waals surface area contributed by atoms with E-state index in [1.165, 1.54) is 23.8 Å². The summed E-state index contributed by atoms with van der Waals surface area (Å²) in [4.78, 5) is 12.1. The summed E-state index contributed by atoms with van der Waals surface area (Å²) in [5.41, 5.74) is 4.24. The Balaban J connectivity index is 1.87. The van der Waals surface area contributed by atoms with Crippen molar-refractivity contribution in [1.82, 2.24) is 0 Å². The molecule has 0 aromatic heterocycles. The average molecular weight is 471 g/mol. The van der Waals surface area contributed by atoms with Crippen LogP contribution >= 0.6 is 0 Å². The molecule has 2 saturated carbocycles. The van der Waals surface area contributed by atoms with Crippen LogP contribution in [-0.2, 0) is 9.53 Å². The number of aliphatic hydroxyl groups excluding tert-OH is 1. The topological polar surface area (TPSA) is 46.5 Å². The van der Waals surface area contributed by atoms with Crippen LogP contribution in [-0.4, -0.2) is 24.3 Å². The van der Waals surface area contributed by atoms with E-state index in [9.17, 15) is 9.90 Å². The Hall–Kier alpha value is -1.35. The normalized spacial score (nSPS) is 39.7. The van der Waals surface area contributed by atoms with Crippen molar-refractivity contribution in [2.45, 2.75) is 105 Å². The molecule has 0 spiro atoms. The van der Waals surface area contributed by atoms with Crippen LogP contribution in [0.25, 0.3) is 0 Å². The lowest BCUT2D eigenvalue weighted by Crippen LogP contribution is -2.54. The van der Waals surface area contributed by atoms with Crippen molar-refractivity contribution >= 4 is 5.97 Å². The van der Waals surface area contributed by atoms with Crippen molar-refractivity contribution < 1.29 is 14.6 Å². The third-order valence-corrected chi connectivity index (χ3v) is 10.8. The Kier molecular flexibility index (Phi) is 7.98. The number of carbonyl (C=O) groups excluding carboxylic acids is 1. The van der Waals surface area contributed by atoms with Crippen LogP contribution in [0.1, 0.15) is 99.3 Å². The van der Waals surface area contributed by atoms with Crippen molar-refractivity contribution in [3.05, 3.63) is 36.0 Å². The van der Waals surface area contributed by atoms with Gasteiger partial charge >= 0.3 is 5.97 Å². The lowest BCUT2D eigenvalue weighted by molar-refractivity contribution is -0.141. The summed E-state index contributed by atoms with van der Waals surface area (Å²) in [5, 5.41) is 10.8. The molecule has 3 aliphatic rings. The van der Waals surface area contributed by atoms with Crippen LogP contribution in [0.3, 0.4) is 0 Å². The van der Waals surface area contributed by atoms with Crippen LogP contribution in [0, 0.1) is 39.9 Å². The molecule has 1 N–H and O–H groups in total. The Labute approximate surface area is 209 Å². The zero-order valence-electron chi connectivity index (χ0n) is 23.0. The SMILES string of the molecule is C=C(C)C1CC=C(C)C(CCC2C(=C)CCC3C(C)(C)C(O)CCC23C)C1(C)CCC(=O)OC. The molecule has 3 heteroatoms. The van der Waals surface area contributed by atoms with E-state index >= 15 is 0 Å². The van der Waals surface area contributed by atoms with Gasteiger partial charge in [0.05, 0.1) is 13.2 Å². The number of aliphatic hydroxyl groups is 1. The summed E-state index contributed by atoms with van der Waals surface area (Å²) in [6.45, 7) is 22.8. The molecule has 2 fully saturated rings. The summed E-state index contributed by atoms with van der Waals surface area (Å²) in [7, 11) is 1.48. The third-order valence-electron chi connectivity index (χ3n) is 10.8. The van der Waals surface area contributed by atoms with Crippen molar-refractivity contribution in [2.75, 3.05) is 7.11 Å². The van der Waals surface area contributed by atoms with E-state index in [4.69, 9.17) is 4.74 Å². The van der Waals surface area contributed by atoms with E-state index in [1.54, 1.807) is 0 Å². The highest BCUT2D eigenvalue weighted by atomic mass is 16.5. The molecule has 3 rings (SSSR count). The van der Waals surface area contributed by atoms with Crippen molar-refractivity contribution in [1.29, 1.82) is 0 Å². The molecular weight excluding hydrogens is 420 g/mol. The summed E-state index contributed by atoms with van der Waals surface area (Å²) >= 11 is 0. The van der Waals surface area contributed by atoms with Crippen LogP contribution < -0.4 is 0 Å². The van der Waals surface area contributed by atoms with Crippen LogP contribution in [0.2, 0.25) is 0 Å². The number of methoxy groups -OCH3 is 1. The number of fused-ring (bicyclic) bond motifs is 1. The molecule has 34 heavy (non-hydrogen) atoms. The molecule has 192 valence electrons. The number of ether oxygens (including phenoxy) is 1. The Morgan fingerprint density at radius 3 is 2.44 bits per heavy atom. The number of hydrogen-bond donors (Lipinski definition) is 1. The molecule has 3 nitrogen and oxygen atoms in total. The fraction of sp³-hybridized carbons (Fsp3) is 0.774. The van der Waals surface area contributed by atoms with Gasteiger partial charge in [-0.15, -0.1) is 0 Å². The largest absolute Gasteiger partial charge is 0.469 e. The number of hydrogen-bond acceptors (Lipinski definition) is 3. The van der Waals surface area contributed by atoms with Gasteiger partial charge in [-0.3, -0.25) is 4.79 Å². The molecule has 0 radical (unpaired) electrons. The molecule has 0 heterocycles. The smallest absolute Gasteiger partial charge is 0.305 e. The molecular formula is C31H50O3. The first-order valence-electron chi connectivity index (χ1n) is 13.5. The van der Waals surface area contributed by atoms with E-state index in [0.717, 1.165) is 51.4 Å². The highest BCUT2D eigenvalue weighted by Gasteiger charge is 2.56. The second-order valence-corrected chi connectivity index (χ2v) is 13.0. The van der Waals surface area contributed by atoms with Gasteiger partial charge in [0, 0.05) is 6.42 Å². The predicted molar refractivity (Wildman–Crippen MR) is 141 cm³/mol. The fourth-order valence-electron chi connectivity index (χ4n) is 8.65. The minimum atomic E-state index is -0.209. The van der Waals surface area contributed by atoms with Crippen molar-refractivity contribution in [3.8, 4) is 0 Å². The first-order valence-corrected chi connectivity index (χ1v) is 13.5. The van der Waals surface area contributed by atoms with Gasteiger partial charge in [-0.1, -0.05) is 63.6 Å². The van der Waals surface area contributed by atoms with Gasteiger partial charge in [0.2, 0.25) is 0 Å². The summed E-state index contributed by atoms with van der Waals surface area (Å²) < 4.78 is 5.01. The molecule has 0 aromatic carbocycles. The average Bonchev–Trinajstić information content (AvgIpc) is 2.76. The number of carbonyl (C=O) groups is 1. The molecule has 0 bridgehead atoms. The molecule has 0 amide bonds. The highest BCUT2D eigenvalue weighted by Crippen LogP contribution is 2.62. The summed E-state index contributed by atoms with van der Waals surface area (Å²) in [5.74, 6) is 1.70. The molecule has 0 aromatic rings. The summed E-state index contributed by atoms with van der Waals surface area (Å²) in [6.07, 6.45) is 11.0. The monoisotopic (exact) mass is 470 g/mol. The van der Waals surface area contributed by atoms with E-state index in [2.05, 4.69) is 60.8 Å². The molecule has 0 saturated heterocycles. The fourth-order valence-corrected chi connectivity index (χ4v) is 8.65. The zero-order chi connectivity index (χ0) is 25.5. The third kappa shape index (κ3) is 4.71. The quantitative estimate of drug-likeness (QED) is 0.307. The van der Waals surface area contributed by atoms with Gasteiger partial charge < -0.3 is 9.84 Å². The van der Waals surface area contributed by atoms with Crippen molar-refractivity contribution in [2.24, 2.45) is 39.9 Å². The van der Waals surface area contributed by atoms with Crippen LogP contribution in [0.15, 0.2) is 36.0 Å². The van der Waals surface area contributed by atoms with Gasteiger partial charge in [0.15, 0.2) is 0 Å². The van der Waals surface area contributed by atoms with Gasteiger partial charge in [-0.2, -0.15) is 0 Å². The minimum absolute atomic E-state index is 0.00278. The first kappa shape index (κ1) is 27.2. The first-order chi connectivity index (χ1) is 15.8. The second-order valence-electron chi connectivity index (χ2n) is 13.0. The van der Waals surface area contributed by atoms with E-state index in [0.29, 0.717) is 30.1 Å². The molecule has 0 aliphatic heterocycles. The zero-order valence-corrected chi connectivity index (χ0v) is 23.0. The number of allylic oxidation sites excluding steroid dienone is 4. The maximum Gasteiger partial charge on any atom is 0.305 e. The Morgan fingerprint density at radius 2 is 1.82 bits per heavy atom. The predicted octanol–water partition coefficient (Wildman–Crippen LogP) is 7.65. The Morgan fingerprint density at radius 1 is 1.18 bits per heavy atom. The summed E-state index contributed by atoms with van der Waals surface area (Å²) in [6, 6.07) is 0. The van der Waals surface area contributed by atoms with Gasteiger partial charge in [-0.05, 0) is 105 Å². The maximum absolute atomic E-state index is 12.1. The van der Waals surface area contributed by atoms with Gasteiger partial charge in [0.25, 0.3) is 0 Å². The van der Waals surface area contributed by atoms with E-state index < -0.39 is 0 Å². The second kappa shape index (κ2) is 9.96. The maximum atomic E-state index is 12.1. The van der Waals surface area contributed by atoms with Crippen molar-refractivity contribution in [3.63, 3.8) is 0 Å². The number of rotatable bonds is 7. The van der Waals surface area contributed by atoms with Crippen LogP contribution in [0.5, 0.6) is 0 Å². The lowest BCUT2D eigenvalue weighted by Gasteiger charge is -2.60. The standard InChI is InChI=1S/C31H50O3/c1-20(2)23-12-10-21(3)24(30(23,7)19-17-28(33)34-9)13-14-25-22(4)11-15-26-29(5,6)27(32)16-18-31(25,26)8/h10,23-27,32H,1,4,11-19H2,2-3,5-9H3. The highest BCUT2D eigenvalue weighted by molar-refractivity contribution is 5.69. The molecule has 7 unspecified atom stereocenters. The molecule has 7 atom stereocenters. The number of esters is 1. The lowest BCUT2D eigenvalue weighted by atomic mass is 9.46. The minimum Gasteiger partial charge on any atom is -0.469 e. The van der Waals surface area contributed by atoms with E-state index in [-0.39, 0.29) is 28.3 Å². The molecule has 3 aliphatic carbocycles. The van der Waals surface area contributed by atoms with Gasteiger partial charge in [0.1, 0.15) is 0 Å². The van der Waals surface area contributed by atoms with Gasteiger partial charge in [-0.25, -0.2) is 0 Å². The van der Waals surface area contributed by atoms with E-state index in [1.807, 2.05) is 0 Å². The van der Waals surface area contributed by atoms with Crippen LogP contribution in [0.4, 0.5) is 0 Å². The Bertz CT molecular complexity index is 836.